The second-order valence-corrected chi connectivity index (χ2v) is 4.97. The van der Waals surface area contributed by atoms with Crippen LogP contribution >= 0.6 is 11.3 Å². The van der Waals surface area contributed by atoms with Crippen LogP contribution in [0.5, 0.6) is 5.75 Å². The number of nitrogens with two attached hydrogens (primary N) is 1. The van der Waals surface area contributed by atoms with Gasteiger partial charge in [-0.1, -0.05) is 13.8 Å². The summed E-state index contributed by atoms with van der Waals surface area (Å²) in [6, 6.07) is 4.00. The molecule has 0 saturated heterocycles. The van der Waals surface area contributed by atoms with Crippen molar-refractivity contribution in [2.24, 2.45) is 5.73 Å². The lowest BCUT2D eigenvalue weighted by molar-refractivity contribution is 0.0991. The molecule has 6 heteroatoms. The van der Waals surface area contributed by atoms with Crippen LogP contribution < -0.4 is 10.5 Å². The lowest BCUT2D eigenvalue weighted by Gasteiger charge is -2.08. The van der Waals surface area contributed by atoms with Crippen LogP contribution in [0.2, 0.25) is 0 Å². The Morgan fingerprint density at radius 3 is 2.52 bits per heavy atom. The highest BCUT2D eigenvalue weighted by Gasteiger charge is 2.19. The Morgan fingerprint density at radius 2 is 2.00 bits per heavy atom. The molecule has 21 heavy (non-hydrogen) atoms. The van der Waals surface area contributed by atoms with E-state index in [2.05, 4.69) is 0 Å². The van der Waals surface area contributed by atoms with Crippen molar-refractivity contribution in [3.63, 3.8) is 0 Å². The van der Waals surface area contributed by atoms with E-state index in [1.165, 1.54) is 11.3 Å². The molecule has 0 unspecified atom stereocenters. The molecule has 2 rings (SSSR count). The summed E-state index contributed by atoms with van der Waals surface area (Å²) in [4.78, 5) is 11.9. The number of halogens is 2. The monoisotopic (exact) mass is 313 g/mol. The summed E-state index contributed by atoms with van der Waals surface area (Å²) < 4.78 is 32.3. The van der Waals surface area contributed by atoms with Crippen molar-refractivity contribution in [2.75, 3.05) is 0 Å². The molecule has 2 aromatic rings. The molecule has 0 aliphatic carbocycles. The zero-order chi connectivity index (χ0) is 16.0. The standard InChI is InChI=1S/C13H11F2NO2S.C2H6/c1-7-4-8(19-6-7)5-18-10-3-2-9(14)11(12(10)15)13(16)17;1-2/h2-4,6H,5H2,1H3,(H2,16,17);1-2H3. The second-order valence-electron chi connectivity index (χ2n) is 3.98. The molecule has 0 atom stereocenters. The first-order chi connectivity index (χ1) is 9.99. The average Bonchev–Trinajstić information content (AvgIpc) is 2.85. The molecule has 1 aromatic carbocycles. The Balaban J connectivity index is 0.00000106. The van der Waals surface area contributed by atoms with E-state index in [9.17, 15) is 13.6 Å². The maximum absolute atomic E-state index is 13.8. The van der Waals surface area contributed by atoms with Crippen LogP contribution in [0.15, 0.2) is 23.6 Å². The number of hydrogen-bond acceptors (Lipinski definition) is 3. The molecule has 1 amide bonds. The van der Waals surface area contributed by atoms with Crippen LogP contribution in [0, 0.1) is 18.6 Å². The average molecular weight is 313 g/mol. The summed E-state index contributed by atoms with van der Waals surface area (Å²) in [5.74, 6) is -3.42. The van der Waals surface area contributed by atoms with Crippen molar-refractivity contribution in [3.8, 4) is 5.75 Å². The predicted octanol–water partition coefficient (Wildman–Crippen LogP) is 4.04. The fourth-order valence-corrected chi connectivity index (χ4v) is 2.37. The number of rotatable bonds is 4. The van der Waals surface area contributed by atoms with E-state index in [1.807, 2.05) is 32.2 Å². The first-order valence-electron chi connectivity index (χ1n) is 6.43. The van der Waals surface area contributed by atoms with E-state index < -0.39 is 23.1 Å². The van der Waals surface area contributed by atoms with Gasteiger partial charge in [0.1, 0.15) is 18.0 Å². The molecule has 1 heterocycles. The number of hydrogen-bond donors (Lipinski definition) is 1. The molecule has 114 valence electrons. The first-order valence-corrected chi connectivity index (χ1v) is 7.31. The molecule has 0 spiro atoms. The van der Waals surface area contributed by atoms with Crippen LogP contribution in [0.25, 0.3) is 0 Å². The van der Waals surface area contributed by atoms with Crippen molar-refractivity contribution >= 4 is 17.2 Å². The van der Waals surface area contributed by atoms with E-state index in [0.29, 0.717) is 0 Å². The zero-order valence-corrected chi connectivity index (χ0v) is 12.9. The Morgan fingerprint density at radius 1 is 1.33 bits per heavy atom. The molecule has 0 bridgehead atoms. The molecular weight excluding hydrogens is 296 g/mol. The summed E-state index contributed by atoms with van der Waals surface area (Å²) in [5, 5.41) is 1.94. The fourth-order valence-electron chi connectivity index (χ4n) is 1.59. The number of carbonyl (C=O) groups is 1. The topological polar surface area (TPSA) is 52.3 Å². The minimum atomic E-state index is -1.16. The van der Waals surface area contributed by atoms with E-state index in [1.54, 1.807) is 0 Å². The Labute approximate surface area is 126 Å². The number of carbonyl (C=O) groups excluding carboxylic acids is 1. The zero-order valence-electron chi connectivity index (χ0n) is 12.1. The Kier molecular flexibility index (Phi) is 6.30. The van der Waals surface area contributed by atoms with Crippen LogP contribution in [0.4, 0.5) is 8.78 Å². The molecule has 1 aromatic heterocycles. The number of thiophene rings is 1. The molecule has 0 radical (unpaired) electrons. The van der Waals surface area contributed by atoms with Crippen molar-refractivity contribution < 1.29 is 18.3 Å². The quantitative estimate of drug-likeness (QED) is 0.926. The molecule has 0 saturated carbocycles. The van der Waals surface area contributed by atoms with Gasteiger partial charge < -0.3 is 10.5 Å². The van der Waals surface area contributed by atoms with E-state index >= 15 is 0 Å². The van der Waals surface area contributed by atoms with Crippen LogP contribution in [0.3, 0.4) is 0 Å². The van der Waals surface area contributed by atoms with Crippen LogP contribution in [-0.4, -0.2) is 5.91 Å². The van der Waals surface area contributed by atoms with Gasteiger partial charge in [0.15, 0.2) is 11.6 Å². The molecule has 3 nitrogen and oxygen atoms in total. The number of ether oxygens (including phenoxy) is 1. The number of aryl methyl sites for hydroxylation is 1. The maximum atomic E-state index is 13.8. The van der Waals surface area contributed by atoms with Crippen molar-refractivity contribution in [2.45, 2.75) is 27.4 Å². The third-order valence-corrected chi connectivity index (χ3v) is 3.48. The predicted molar refractivity (Wildman–Crippen MR) is 79.6 cm³/mol. The van der Waals surface area contributed by atoms with E-state index in [0.717, 1.165) is 22.6 Å². The van der Waals surface area contributed by atoms with E-state index in [-0.39, 0.29) is 12.4 Å². The largest absolute Gasteiger partial charge is 0.485 e. The molecule has 0 aliphatic rings. The summed E-state index contributed by atoms with van der Waals surface area (Å²) >= 11 is 1.48. The van der Waals surface area contributed by atoms with Crippen LogP contribution in [-0.2, 0) is 6.61 Å². The van der Waals surface area contributed by atoms with Crippen molar-refractivity contribution in [1.29, 1.82) is 0 Å². The van der Waals surface area contributed by atoms with Gasteiger partial charge in [-0.2, -0.15) is 0 Å². The van der Waals surface area contributed by atoms with Gasteiger partial charge in [-0.25, -0.2) is 8.78 Å². The van der Waals surface area contributed by atoms with Crippen molar-refractivity contribution in [3.05, 3.63) is 51.2 Å². The Hall–Kier alpha value is -1.95. The third-order valence-electron chi connectivity index (χ3n) is 2.46. The lowest BCUT2D eigenvalue weighted by atomic mass is 10.1. The van der Waals surface area contributed by atoms with Gasteiger partial charge in [-0.3, -0.25) is 4.79 Å². The molecule has 0 aliphatic heterocycles. The van der Waals surface area contributed by atoms with Gasteiger partial charge in [0.25, 0.3) is 5.91 Å². The minimum Gasteiger partial charge on any atom is -0.485 e. The van der Waals surface area contributed by atoms with Gasteiger partial charge in [0, 0.05) is 4.88 Å². The highest BCUT2D eigenvalue weighted by molar-refractivity contribution is 7.10. The first kappa shape index (κ1) is 17.1. The summed E-state index contributed by atoms with van der Waals surface area (Å²) in [7, 11) is 0. The van der Waals surface area contributed by atoms with Gasteiger partial charge in [0.2, 0.25) is 0 Å². The van der Waals surface area contributed by atoms with Crippen molar-refractivity contribution in [1.82, 2.24) is 0 Å². The molecular formula is C15H17F2NO2S. The van der Waals surface area contributed by atoms with Gasteiger partial charge >= 0.3 is 0 Å². The fraction of sp³-hybridized carbons (Fsp3) is 0.267. The van der Waals surface area contributed by atoms with E-state index in [4.69, 9.17) is 10.5 Å². The van der Waals surface area contributed by atoms with Gasteiger partial charge in [-0.05, 0) is 36.1 Å². The number of primary amides is 1. The van der Waals surface area contributed by atoms with Crippen LogP contribution in [0.1, 0.15) is 34.6 Å². The minimum absolute atomic E-state index is 0.152. The highest BCUT2D eigenvalue weighted by atomic mass is 32.1. The molecule has 2 N–H and O–H groups in total. The smallest absolute Gasteiger partial charge is 0.254 e. The third kappa shape index (κ3) is 4.26. The number of amides is 1. The summed E-state index contributed by atoms with van der Waals surface area (Å²) in [6.45, 7) is 6.09. The second kappa shape index (κ2) is 7.73. The normalized spacial score (nSPS) is 9.76. The summed E-state index contributed by atoms with van der Waals surface area (Å²) in [5.41, 5.74) is 5.23. The molecule has 0 fully saturated rings. The van der Waals surface area contributed by atoms with Gasteiger partial charge in [-0.15, -0.1) is 11.3 Å². The Bertz CT molecular complexity index is 626. The SMILES string of the molecule is CC.Cc1csc(COc2ccc(F)c(C(N)=O)c2F)c1. The maximum Gasteiger partial charge on any atom is 0.254 e. The highest BCUT2D eigenvalue weighted by Crippen LogP contribution is 2.24. The lowest BCUT2D eigenvalue weighted by Crippen LogP contribution is -2.16. The summed E-state index contributed by atoms with van der Waals surface area (Å²) in [6.07, 6.45) is 0. The van der Waals surface area contributed by atoms with Gasteiger partial charge in [0.05, 0.1) is 0 Å². The number of benzene rings is 1.